The molecule has 5 aliphatic rings. The van der Waals surface area contributed by atoms with Crippen LogP contribution in [0.5, 0.6) is 0 Å². The minimum atomic E-state index is -0.154. The molecule has 116 valence electrons. The van der Waals surface area contributed by atoms with Gasteiger partial charge >= 0.3 is 0 Å². The minimum Gasteiger partial charge on any atom is -0.364 e. The topological polar surface area (TPSA) is 42.1 Å². The Bertz CT molecular complexity index is 484. The van der Waals surface area contributed by atoms with E-state index in [9.17, 15) is 4.79 Å². The first-order valence-electron chi connectivity index (χ1n) is 8.76. The standard InChI is InChI=1S/C17H25NO3/c1-11(19)18-10-17-12(8-13(21-17)14-15(17)20-14)9-16(18)6-4-2-3-5-7-16/h12-15H,2-10H2,1H3. The van der Waals surface area contributed by atoms with Crippen molar-refractivity contribution in [3.05, 3.63) is 0 Å². The van der Waals surface area contributed by atoms with Gasteiger partial charge in [-0.15, -0.1) is 0 Å². The van der Waals surface area contributed by atoms with Crippen LogP contribution in [0.15, 0.2) is 0 Å². The molecule has 1 amide bonds. The minimum absolute atomic E-state index is 0.122. The van der Waals surface area contributed by atoms with Gasteiger partial charge in [-0.1, -0.05) is 25.7 Å². The van der Waals surface area contributed by atoms with E-state index < -0.39 is 0 Å². The zero-order valence-electron chi connectivity index (χ0n) is 12.8. The molecule has 0 radical (unpaired) electrons. The molecule has 0 aromatic carbocycles. The molecule has 5 atom stereocenters. The molecule has 0 aromatic rings. The number of ether oxygens (including phenoxy) is 2. The van der Waals surface area contributed by atoms with Crippen molar-refractivity contribution in [2.45, 2.75) is 87.7 Å². The van der Waals surface area contributed by atoms with Gasteiger partial charge in [-0.2, -0.15) is 0 Å². The molecule has 1 aliphatic carbocycles. The zero-order valence-corrected chi connectivity index (χ0v) is 12.8. The predicted molar refractivity (Wildman–Crippen MR) is 76.8 cm³/mol. The lowest BCUT2D eigenvalue weighted by atomic mass is 9.65. The Morgan fingerprint density at radius 1 is 1.19 bits per heavy atom. The zero-order chi connectivity index (χ0) is 14.2. The molecule has 5 unspecified atom stereocenters. The van der Waals surface area contributed by atoms with E-state index in [1.165, 1.54) is 38.5 Å². The number of nitrogens with zero attached hydrogens (tertiary/aromatic N) is 1. The van der Waals surface area contributed by atoms with Crippen LogP contribution in [0.3, 0.4) is 0 Å². The van der Waals surface area contributed by atoms with Gasteiger partial charge in [0, 0.05) is 12.5 Å². The van der Waals surface area contributed by atoms with Crippen molar-refractivity contribution in [3.8, 4) is 0 Å². The van der Waals surface area contributed by atoms with Gasteiger partial charge in [0.25, 0.3) is 0 Å². The van der Waals surface area contributed by atoms with E-state index in [2.05, 4.69) is 4.90 Å². The Hall–Kier alpha value is -0.610. The van der Waals surface area contributed by atoms with Crippen molar-refractivity contribution in [2.75, 3.05) is 6.54 Å². The van der Waals surface area contributed by atoms with E-state index >= 15 is 0 Å². The summed E-state index contributed by atoms with van der Waals surface area (Å²) in [5.41, 5.74) is -0.0327. The van der Waals surface area contributed by atoms with Crippen molar-refractivity contribution in [1.82, 2.24) is 4.90 Å². The van der Waals surface area contributed by atoms with E-state index in [4.69, 9.17) is 9.47 Å². The fourth-order valence-electron chi connectivity index (χ4n) is 6.01. The van der Waals surface area contributed by atoms with Crippen molar-refractivity contribution >= 4 is 5.91 Å². The third-order valence-corrected chi connectivity index (χ3v) is 6.97. The maximum absolute atomic E-state index is 12.4. The Morgan fingerprint density at radius 2 is 1.95 bits per heavy atom. The van der Waals surface area contributed by atoms with E-state index in [1.807, 2.05) is 0 Å². The lowest BCUT2D eigenvalue weighted by Crippen LogP contribution is -2.65. The molecular formula is C17H25NO3. The Kier molecular flexibility index (Phi) is 2.47. The molecule has 5 rings (SSSR count). The van der Waals surface area contributed by atoms with Crippen molar-refractivity contribution in [2.24, 2.45) is 5.92 Å². The second-order valence-electron chi connectivity index (χ2n) is 8.01. The SMILES string of the molecule is CC(=O)N1CC23OC(CC2CC12CCCCCC2)C1OC13. The molecule has 0 N–H and O–H groups in total. The second kappa shape index (κ2) is 4.02. The fourth-order valence-corrected chi connectivity index (χ4v) is 6.01. The summed E-state index contributed by atoms with van der Waals surface area (Å²) in [7, 11) is 0. The third-order valence-electron chi connectivity index (χ3n) is 6.97. The number of hydrogen-bond acceptors (Lipinski definition) is 3. The van der Waals surface area contributed by atoms with Crippen LogP contribution in [-0.2, 0) is 14.3 Å². The number of hydrogen-bond donors (Lipinski definition) is 0. The highest BCUT2D eigenvalue weighted by Gasteiger charge is 2.76. The number of epoxide rings is 1. The average molecular weight is 291 g/mol. The third kappa shape index (κ3) is 1.56. The first-order chi connectivity index (χ1) is 10.1. The Labute approximate surface area is 126 Å². The molecule has 2 spiro atoms. The fraction of sp³-hybridized carbons (Fsp3) is 0.941. The molecule has 4 aliphatic heterocycles. The smallest absolute Gasteiger partial charge is 0.220 e. The van der Waals surface area contributed by atoms with Crippen LogP contribution in [0.2, 0.25) is 0 Å². The molecule has 4 nitrogen and oxygen atoms in total. The van der Waals surface area contributed by atoms with Crippen LogP contribution in [0.1, 0.15) is 58.3 Å². The van der Waals surface area contributed by atoms with E-state index in [0.717, 1.165) is 19.4 Å². The number of likely N-dealkylation sites (tertiary alicyclic amines) is 1. The lowest BCUT2D eigenvalue weighted by molar-refractivity contribution is -0.164. The molecular weight excluding hydrogens is 266 g/mol. The summed E-state index contributed by atoms with van der Waals surface area (Å²) in [5.74, 6) is 0.848. The first-order valence-corrected chi connectivity index (χ1v) is 8.76. The highest BCUT2D eigenvalue weighted by atomic mass is 16.7. The number of piperidine rings is 1. The lowest BCUT2D eigenvalue weighted by Gasteiger charge is -2.54. The molecule has 1 saturated carbocycles. The molecule has 4 heteroatoms. The van der Waals surface area contributed by atoms with Crippen LogP contribution in [0.25, 0.3) is 0 Å². The molecule has 21 heavy (non-hydrogen) atoms. The average Bonchev–Trinajstić information content (AvgIpc) is 3.17. The van der Waals surface area contributed by atoms with Gasteiger partial charge in [-0.05, 0) is 31.6 Å². The molecule has 4 saturated heterocycles. The van der Waals surface area contributed by atoms with E-state index in [0.29, 0.717) is 18.1 Å². The Balaban J connectivity index is 1.51. The van der Waals surface area contributed by atoms with Gasteiger partial charge in [-0.3, -0.25) is 4.79 Å². The predicted octanol–water partition coefficient (Wildman–Crippen LogP) is 2.26. The van der Waals surface area contributed by atoms with Gasteiger partial charge in [0.2, 0.25) is 5.91 Å². The maximum atomic E-state index is 12.4. The summed E-state index contributed by atoms with van der Waals surface area (Å²) in [6.07, 6.45) is 10.8. The summed E-state index contributed by atoms with van der Waals surface area (Å²) in [4.78, 5) is 14.6. The summed E-state index contributed by atoms with van der Waals surface area (Å²) < 4.78 is 12.2. The van der Waals surface area contributed by atoms with Gasteiger partial charge in [0.1, 0.15) is 17.8 Å². The molecule has 5 fully saturated rings. The highest BCUT2D eigenvalue weighted by Crippen LogP contribution is 2.63. The van der Waals surface area contributed by atoms with E-state index in [1.54, 1.807) is 6.92 Å². The second-order valence-corrected chi connectivity index (χ2v) is 8.01. The monoisotopic (exact) mass is 291 g/mol. The normalized spacial score (nSPS) is 49.7. The largest absolute Gasteiger partial charge is 0.364 e. The number of fused-ring (bicyclic) bond motifs is 3. The number of amides is 1. The molecule has 4 heterocycles. The summed E-state index contributed by atoms with van der Waals surface area (Å²) >= 11 is 0. The van der Waals surface area contributed by atoms with Gasteiger partial charge in [-0.25, -0.2) is 0 Å². The Morgan fingerprint density at radius 3 is 2.62 bits per heavy atom. The van der Waals surface area contributed by atoms with Crippen LogP contribution < -0.4 is 0 Å². The van der Waals surface area contributed by atoms with Crippen molar-refractivity contribution in [1.29, 1.82) is 0 Å². The van der Waals surface area contributed by atoms with Gasteiger partial charge in [0.05, 0.1) is 12.6 Å². The number of rotatable bonds is 0. The molecule has 0 aromatic heterocycles. The van der Waals surface area contributed by atoms with E-state index in [-0.39, 0.29) is 23.2 Å². The number of carbonyl (C=O) groups excluding carboxylic acids is 1. The quantitative estimate of drug-likeness (QED) is 0.643. The van der Waals surface area contributed by atoms with Gasteiger partial charge in [0.15, 0.2) is 0 Å². The number of carbonyl (C=O) groups is 1. The van der Waals surface area contributed by atoms with Crippen LogP contribution in [-0.4, -0.2) is 46.8 Å². The summed E-state index contributed by atoms with van der Waals surface area (Å²) in [6, 6.07) is 0. The van der Waals surface area contributed by atoms with Crippen LogP contribution in [0.4, 0.5) is 0 Å². The van der Waals surface area contributed by atoms with Crippen molar-refractivity contribution in [3.63, 3.8) is 0 Å². The van der Waals surface area contributed by atoms with Crippen LogP contribution >= 0.6 is 0 Å². The molecule has 2 bridgehead atoms. The van der Waals surface area contributed by atoms with Gasteiger partial charge < -0.3 is 14.4 Å². The van der Waals surface area contributed by atoms with Crippen LogP contribution in [0, 0.1) is 5.92 Å². The maximum Gasteiger partial charge on any atom is 0.220 e. The highest BCUT2D eigenvalue weighted by molar-refractivity contribution is 5.74. The first kappa shape index (κ1) is 12.9. The summed E-state index contributed by atoms with van der Waals surface area (Å²) in [6.45, 7) is 2.53. The van der Waals surface area contributed by atoms with Crippen molar-refractivity contribution < 1.29 is 14.3 Å². The summed E-state index contributed by atoms with van der Waals surface area (Å²) in [5, 5.41) is 0.